The Balaban J connectivity index is 1.90. The molecule has 32 heavy (non-hydrogen) atoms. The second kappa shape index (κ2) is 11.7. The highest BCUT2D eigenvalue weighted by atomic mass is 35.5. The number of nitrogens with zero attached hydrogens (tertiary/aromatic N) is 1. The lowest BCUT2D eigenvalue weighted by Crippen LogP contribution is -2.49. The van der Waals surface area contributed by atoms with Crippen LogP contribution in [0.3, 0.4) is 0 Å². The van der Waals surface area contributed by atoms with Crippen molar-refractivity contribution in [2.75, 3.05) is 12.4 Å². The molecular weight excluding hydrogens is 443 g/mol. The summed E-state index contributed by atoms with van der Waals surface area (Å²) in [4.78, 5) is 28.1. The zero-order chi connectivity index (χ0) is 23.1. The zero-order valence-corrected chi connectivity index (χ0v) is 20.3. The molecule has 1 aliphatic rings. The number of nitrogens with one attached hydrogen (secondary N) is 1. The molecule has 3 atom stereocenters. The number of rotatable bonds is 8. The molecule has 1 fully saturated rings. The predicted molar refractivity (Wildman–Crippen MR) is 131 cm³/mol. The maximum Gasteiger partial charge on any atom is 0.247 e. The minimum Gasteiger partial charge on any atom is -0.351 e. The molecule has 2 amide bonds. The molecule has 0 spiro atoms. The molecule has 1 saturated carbocycles. The van der Waals surface area contributed by atoms with Crippen LogP contribution in [-0.2, 0) is 16.0 Å². The fourth-order valence-electron chi connectivity index (χ4n) is 4.42. The third-order valence-electron chi connectivity index (χ3n) is 6.40. The second-order valence-corrected chi connectivity index (χ2v) is 9.43. The van der Waals surface area contributed by atoms with Gasteiger partial charge in [-0.25, -0.2) is 0 Å². The average Bonchev–Trinajstić information content (AvgIpc) is 2.79. The summed E-state index contributed by atoms with van der Waals surface area (Å²) < 4.78 is 0. The Morgan fingerprint density at radius 3 is 2.44 bits per heavy atom. The van der Waals surface area contributed by atoms with Crippen LogP contribution in [0.1, 0.15) is 55.3 Å². The minimum atomic E-state index is -0.825. The summed E-state index contributed by atoms with van der Waals surface area (Å²) in [6, 6.07) is 14.7. The number of hydrogen-bond donors (Lipinski definition) is 1. The van der Waals surface area contributed by atoms with E-state index < -0.39 is 6.04 Å². The van der Waals surface area contributed by atoms with Gasteiger partial charge in [-0.05, 0) is 43.7 Å². The third-order valence-corrected chi connectivity index (χ3v) is 6.97. The Morgan fingerprint density at radius 2 is 1.78 bits per heavy atom. The van der Waals surface area contributed by atoms with E-state index in [1.165, 1.54) is 12.0 Å². The summed E-state index contributed by atoms with van der Waals surface area (Å²) in [7, 11) is 0. The Hall–Kier alpha value is -2.04. The van der Waals surface area contributed by atoms with Gasteiger partial charge >= 0.3 is 0 Å². The number of benzene rings is 2. The monoisotopic (exact) mass is 474 g/mol. The molecule has 0 bridgehead atoms. The molecule has 172 valence electrons. The van der Waals surface area contributed by atoms with Gasteiger partial charge in [-0.15, -0.1) is 11.6 Å². The van der Waals surface area contributed by atoms with Crippen LogP contribution in [-0.4, -0.2) is 35.2 Å². The molecule has 4 nitrogen and oxygen atoms in total. The summed E-state index contributed by atoms with van der Waals surface area (Å²) in [5.74, 6) is -0.263. The lowest BCUT2D eigenvalue weighted by atomic mass is 9.85. The number of aryl methyl sites for hydroxylation is 1. The van der Waals surface area contributed by atoms with Crippen molar-refractivity contribution < 1.29 is 9.59 Å². The Morgan fingerprint density at radius 1 is 1.09 bits per heavy atom. The van der Waals surface area contributed by atoms with Crippen LogP contribution in [0.2, 0.25) is 5.02 Å². The van der Waals surface area contributed by atoms with Crippen molar-refractivity contribution in [1.82, 2.24) is 10.2 Å². The molecule has 6 heteroatoms. The van der Waals surface area contributed by atoms with Crippen molar-refractivity contribution in [1.29, 1.82) is 0 Å². The Labute approximate surface area is 201 Å². The summed E-state index contributed by atoms with van der Waals surface area (Å²) in [6.45, 7) is 4.59. The molecule has 0 aliphatic heterocycles. The molecule has 0 aromatic heterocycles. The van der Waals surface area contributed by atoms with Crippen LogP contribution in [0, 0.1) is 12.8 Å². The highest BCUT2D eigenvalue weighted by Gasteiger charge is 2.34. The van der Waals surface area contributed by atoms with Crippen LogP contribution in [0.15, 0.2) is 48.5 Å². The largest absolute Gasteiger partial charge is 0.351 e. The highest BCUT2D eigenvalue weighted by Crippen LogP contribution is 2.30. The van der Waals surface area contributed by atoms with Crippen molar-refractivity contribution >= 4 is 35.0 Å². The van der Waals surface area contributed by atoms with E-state index in [9.17, 15) is 9.59 Å². The minimum absolute atomic E-state index is 0.103. The molecule has 2 aromatic rings. The van der Waals surface area contributed by atoms with Crippen LogP contribution in [0.5, 0.6) is 0 Å². The van der Waals surface area contributed by atoms with Crippen molar-refractivity contribution in [3.63, 3.8) is 0 Å². The molecule has 2 aromatic carbocycles. The van der Waals surface area contributed by atoms with E-state index in [2.05, 4.69) is 12.2 Å². The van der Waals surface area contributed by atoms with E-state index in [0.717, 1.165) is 24.8 Å². The fraction of sp³-hybridized carbons (Fsp3) is 0.462. The van der Waals surface area contributed by atoms with Gasteiger partial charge in [0.2, 0.25) is 11.8 Å². The number of halogens is 2. The normalized spacial score (nSPS) is 19.2. The van der Waals surface area contributed by atoms with Crippen LogP contribution in [0.4, 0.5) is 0 Å². The highest BCUT2D eigenvalue weighted by molar-refractivity contribution is 6.31. The lowest BCUT2D eigenvalue weighted by Gasteiger charge is -2.35. The third kappa shape index (κ3) is 6.26. The standard InChI is InChI=1S/C26H32Cl2N2O2/c1-18-11-13-20(14-12-18)15-16-30(24(31)17-27)25(21-8-4-5-9-22(21)28)26(32)29-23-10-6-3-7-19(23)2/h4-5,8-9,11-14,19,23,25H,3,6-7,10,15-17H2,1-2H3,(H,29,32)/t19-,23+,25-/m0/s1. The van der Waals surface area contributed by atoms with Crippen molar-refractivity contribution in [2.24, 2.45) is 5.92 Å². The predicted octanol–water partition coefficient (Wildman–Crippen LogP) is 5.69. The topological polar surface area (TPSA) is 49.4 Å². The summed E-state index contributed by atoms with van der Waals surface area (Å²) in [5.41, 5.74) is 2.90. The number of carbonyl (C=O) groups excluding carboxylic acids is 2. The number of hydrogen-bond acceptors (Lipinski definition) is 2. The smallest absolute Gasteiger partial charge is 0.247 e. The quantitative estimate of drug-likeness (QED) is 0.499. The van der Waals surface area contributed by atoms with E-state index in [1.54, 1.807) is 11.0 Å². The first-order valence-corrected chi connectivity index (χ1v) is 12.3. The van der Waals surface area contributed by atoms with Crippen LogP contribution < -0.4 is 5.32 Å². The van der Waals surface area contributed by atoms with Gasteiger partial charge in [0.05, 0.1) is 0 Å². The van der Waals surface area contributed by atoms with E-state index >= 15 is 0 Å². The maximum absolute atomic E-state index is 13.6. The molecule has 0 unspecified atom stereocenters. The van der Waals surface area contributed by atoms with Gasteiger partial charge in [0.25, 0.3) is 0 Å². The van der Waals surface area contributed by atoms with E-state index in [0.29, 0.717) is 29.5 Å². The zero-order valence-electron chi connectivity index (χ0n) is 18.8. The number of carbonyl (C=O) groups is 2. The van der Waals surface area contributed by atoms with Crippen molar-refractivity contribution in [3.8, 4) is 0 Å². The SMILES string of the molecule is Cc1ccc(CCN(C(=O)CCl)[C@H](C(=O)N[C@@H]2CCCC[C@@H]2C)c2ccccc2Cl)cc1. The van der Waals surface area contributed by atoms with Crippen LogP contribution >= 0.6 is 23.2 Å². The average molecular weight is 475 g/mol. The van der Waals surface area contributed by atoms with Gasteiger partial charge in [-0.2, -0.15) is 0 Å². The van der Waals surface area contributed by atoms with Gasteiger partial charge < -0.3 is 10.2 Å². The van der Waals surface area contributed by atoms with Gasteiger partial charge in [-0.3, -0.25) is 9.59 Å². The summed E-state index contributed by atoms with van der Waals surface area (Å²) in [5, 5.41) is 3.69. The van der Waals surface area contributed by atoms with Gasteiger partial charge in [0.15, 0.2) is 0 Å². The molecule has 0 heterocycles. The lowest BCUT2D eigenvalue weighted by molar-refractivity contribution is -0.139. The number of alkyl halides is 1. The van der Waals surface area contributed by atoms with E-state index in [1.807, 2.05) is 49.4 Å². The Kier molecular flexibility index (Phi) is 9.01. The fourth-order valence-corrected chi connectivity index (χ4v) is 4.81. The van der Waals surface area contributed by atoms with Gasteiger partial charge in [0.1, 0.15) is 11.9 Å². The summed E-state index contributed by atoms with van der Waals surface area (Å²) in [6.07, 6.45) is 4.96. The first-order chi connectivity index (χ1) is 15.4. The molecule has 0 saturated heterocycles. The van der Waals surface area contributed by atoms with E-state index in [-0.39, 0.29) is 23.7 Å². The number of amides is 2. The molecule has 3 rings (SSSR count). The first-order valence-electron chi connectivity index (χ1n) is 11.4. The first kappa shape index (κ1) is 24.6. The van der Waals surface area contributed by atoms with Crippen LogP contribution in [0.25, 0.3) is 0 Å². The van der Waals surface area contributed by atoms with Gasteiger partial charge in [0, 0.05) is 23.2 Å². The molecule has 0 radical (unpaired) electrons. The Bertz CT molecular complexity index is 916. The van der Waals surface area contributed by atoms with Gasteiger partial charge in [-0.1, -0.05) is 79.4 Å². The molecular formula is C26H32Cl2N2O2. The second-order valence-electron chi connectivity index (χ2n) is 8.76. The summed E-state index contributed by atoms with van der Waals surface area (Å²) >= 11 is 12.5. The molecule has 1 N–H and O–H groups in total. The van der Waals surface area contributed by atoms with Crippen molar-refractivity contribution in [3.05, 3.63) is 70.2 Å². The van der Waals surface area contributed by atoms with Crippen molar-refractivity contribution in [2.45, 2.75) is 58.0 Å². The molecule has 1 aliphatic carbocycles. The van der Waals surface area contributed by atoms with E-state index in [4.69, 9.17) is 23.2 Å². The maximum atomic E-state index is 13.6.